The molecule has 142 valence electrons. The van der Waals surface area contributed by atoms with Gasteiger partial charge in [0.05, 0.1) is 7.11 Å². The number of carbonyl (C=O) groups excluding carboxylic acids is 1. The van der Waals surface area contributed by atoms with Crippen molar-refractivity contribution in [3.05, 3.63) is 83.9 Å². The summed E-state index contributed by atoms with van der Waals surface area (Å²) in [6.45, 7) is 1.87. The molecule has 5 heteroatoms. The molecule has 3 aromatic carbocycles. The zero-order valence-corrected chi connectivity index (χ0v) is 15.7. The zero-order valence-electron chi connectivity index (χ0n) is 15.7. The van der Waals surface area contributed by atoms with Crippen LogP contribution in [0.1, 0.15) is 11.1 Å². The summed E-state index contributed by atoms with van der Waals surface area (Å²) in [6, 6.07) is 23.3. The van der Waals surface area contributed by atoms with Crippen LogP contribution in [-0.4, -0.2) is 19.7 Å². The van der Waals surface area contributed by atoms with Crippen LogP contribution in [0.5, 0.6) is 11.5 Å². The number of methoxy groups -OCH3 is 1. The van der Waals surface area contributed by atoms with Gasteiger partial charge >= 0.3 is 6.09 Å². The lowest BCUT2D eigenvalue weighted by molar-refractivity contribution is 0.215. The van der Waals surface area contributed by atoms with E-state index in [0.29, 0.717) is 11.5 Å². The van der Waals surface area contributed by atoms with Gasteiger partial charge in [-0.3, -0.25) is 5.32 Å². The Morgan fingerprint density at radius 1 is 1.00 bits per heavy atom. The first-order chi connectivity index (χ1) is 13.7. The molecule has 0 aromatic heterocycles. The lowest BCUT2D eigenvalue weighted by Gasteiger charge is -2.19. The van der Waals surface area contributed by atoms with Crippen molar-refractivity contribution < 1.29 is 14.3 Å². The summed E-state index contributed by atoms with van der Waals surface area (Å²) in [6.07, 6.45) is 0.454. The molecule has 28 heavy (non-hydrogen) atoms. The first-order valence-electron chi connectivity index (χ1n) is 9.26. The van der Waals surface area contributed by atoms with Crippen molar-refractivity contribution in [1.29, 1.82) is 0 Å². The summed E-state index contributed by atoms with van der Waals surface area (Å²) in [4.78, 5) is 14.5. The van der Waals surface area contributed by atoms with Gasteiger partial charge in [0, 0.05) is 24.5 Å². The van der Waals surface area contributed by atoms with Crippen molar-refractivity contribution in [2.24, 2.45) is 0 Å². The highest BCUT2D eigenvalue weighted by Crippen LogP contribution is 2.31. The van der Waals surface area contributed by atoms with Gasteiger partial charge in [-0.05, 0) is 60.0 Å². The first kappa shape index (κ1) is 17.9. The molecule has 1 amide bonds. The first-order valence-corrected chi connectivity index (χ1v) is 9.26. The number of nitrogens with zero attached hydrogens (tertiary/aromatic N) is 1. The van der Waals surface area contributed by atoms with E-state index < -0.39 is 6.09 Å². The van der Waals surface area contributed by atoms with E-state index in [-0.39, 0.29) is 0 Å². The summed E-state index contributed by atoms with van der Waals surface area (Å²) in [7, 11) is 1.59. The Labute approximate surface area is 164 Å². The standard InChI is InChI=1S/C23H22N2O3/c1-27-20-8-10-21(11-9-20)28-23(26)24-19-7-12-22-18(15-19)13-14-25(22)16-17-5-3-2-4-6-17/h2-12,15H,13-14,16H2,1H3,(H,24,26). The van der Waals surface area contributed by atoms with E-state index >= 15 is 0 Å². The molecule has 0 aliphatic carbocycles. The largest absolute Gasteiger partial charge is 0.497 e. The van der Waals surface area contributed by atoms with Gasteiger partial charge in [-0.1, -0.05) is 30.3 Å². The Hall–Kier alpha value is -3.47. The highest BCUT2D eigenvalue weighted by atomic mass is 16.6. The minimum Gasteiger partial charge on any atom is -0.497 e. The molecule has 0 fully saturated rings. The molecule has 0 radical (unpaired) electrons. The lowest BCUT2D eigenvalue weighted by Crippen LogP contribution is -2.19. The second-order valence-corrected chi connectivity index (χ2v) is 6.69. The van der Waals surface area contributed by atoms with Crippen LogP contribution in [0.25, 0.3) is 0 Å². The van der Waals surface area contributed by atoms with E-state index in [9.17, 15) is 4.79 Å². The number of carbonyl (C=O) groups is 1. The quantitative estimate of drug-likeness (QED) is 0.692. The second kappa shape index (κ2) is 8.05. The van der Waals surface area contributed by atoms with Crippen LogP contribution in [-0.2, 0) is 13.0 Å². The second-order valence-electron chi connectivity index (χ2n) is 6.69. The molecule has 1 aliphatic rings. The zero-order chi connectivity index (χ0) is 19.3. The summed E-state index contributed by atoms with van der Waals surface area (Å²) in [5.41, 5.74) is 4.48. The van der Waals surface area contributed by atoms with E-state index in [1.54, 1.807) is 31.4 Å². The minimum atomic E-state index is -0.510. The highest BCUT2D eigenvalue weighted by Gasteiger charge is 2.20. The molecule has 3 aromatic rings. The number of nitrogens with one attached hydrogen (secondary N) is 1. The Bertz CT molecular complexity index is 955. The molecule has 5 nitrogen and oxygen atoms in total. The van der Waals surface area contributed by atoms with Gasteiger partial charge in [-0.25, -0.2) is 4.79 Å². The number of benzene rings is 3. The van der Waals surface area contributed by atoms with E-state index in [1.807, 2.05) is 18.2 Å². The fraction of sp³-hybridized carbons (Fsp3) is 0.174. The van der Waals surface area contributed by atoms with Crippen LogP contribution in [0.2, 0.25) is 0 Å². The maximum atomic E-state index is 12.2. The van der Waals surface area contributed by atoms with Crippen molar-refractivity contribution in [2.75, 3.05) is 23.9 Å². The molecule has 0 spiro atoms. The molecule has 4 rings (SSSR count). The molecule has 0 bridgehead atoms. The van der Waals surface area contributed by atoms with Gasteiger partial charge in [-0.2, -0.15) is 0 Å². The molecule has 1 aliphatic heterocycles. The van der Waals surface area contributed by atoms with Crippen molar-refractivity contribution in [2.45, 2.75) is 13.0 Å². The molecule has 0 atom stereocenters. The van der Waals surface area contributed by atoms with Gasteiger partial charge in [0.15, 0.2) is 0 Å². The van der Waals surface area contributed by atoms with Gasteiger partial charge in [0.2, 0.25) is 0 Å². The third-order valence-corrected chi connectivity index (χ3v) is 4.80. The summed E-state index contributed by atoms with van der Waals surface area (Å²) in [5, 5.41) is 2.80. The minimum absolute atomic E-state index is 0.466. The lowest BCUT2D eigenvalue weighted by atomic mass is 10.1. The molecule has 0 saturated carbocycles. The molecule has 1 heterocycles. The van der Waals surface area contributed by atoms with E-state index in [4.69, 9.17) is 9.47 Å². The van der Waals surface area contributed by atoms with Crippen molar-refractivity contribution in [1.82, 2.24) is 0 Å². The Morgan fingerprint density at radius 3 is 2.50 bits per heavy atom. The van der Waals surface area contributed by atoms with Gasteiger partial charge in [0.25, 0.3) is 0 Å². The Balaban J connectivity index is 1.39. The van der Waals surface area contributed by atoms with E-state index in [1.165, 1.54) is 16.8 Å². The fourth-order valence-corrected chi connectivity index (χ4v) is 3.41. The monoisotopic (exact) mass is 374 g/mol. The molecule has 0 unspecified atom stereocenters. The van der Waals surface area contributed by atoms with E-state index in [2.05, 4.69) is 40.5 Å². The smallest absolute Gasteiger partial charge is 0.417 e. The average Bonchev–Trinajstić information content (AvgIpc) is 3.11. The maximum Gasteiger partial charge on any atom is 0.417 e. The van der Waals surface area contributed by atoms with Crippen molar-refractivity contribution >= 4 is 17.5 Å². The van der Waals surface area contributed by atoms with Crippen LogP contribution in [0.4, 0.5) is 16.2 Å². The number of anilines is 2. The number of fused-ring (bicyclic) bond motifs is 1. The van der Waals surface area contributed by atoms with Crippen LogP contribution in [0.15, 0.2) is 72.8 Å². The Morgan fingerprint density at radius 2 is 1.75 bits per heavy atom. The topological polar surface area (TPSA) is 50.8 Å². The van der Waals surface area contributed by atoms with Crippen molar-refractivity contribution in [3.8, 4) is 11.5 Å². The third kappa shape index (κ3) is 4.09. The molecular weight excluding hydrogens is 352 g/mol. The SMILES string of the molecule is COc1ccc(OC(=O)Nc2ccc3c(c2)CCN3Cc2ccccc2)cc1. The van der Waals surface area contributed by atoms with Gasteiger partial charge < -0.3 is 14.4 Å². The average molecular weight is 374 g/mol. The number of rotatable bonds is 5. The molecule has 0 saturated heterocycles. The predicted octanol–water partition coefficient (Wildman–Crippen LogP) is 4.87. The number of hydrogen-bond acceptors (Lipinski definition) is 4. The normalized spacial score (nSPS) is 12.4. The maximum absolute atomic E-state index is 12.2. The molecular formula is C23H22N2O3. The molecule has 1 N–H and O–H groups in total. The van der Waals surface area contributed by atoms with Crippen LogP contribution < -0.4 is 19.7 Å². The predicted molar refractivity (Wildman–Crippen MR) is 110 cm³/mol. The number of ether oxygens (including phenoxy) is 2. The fourth-order valence-electron chi connectivity index (χ4n) is 3.41. The highest BCUT2D eigenvalue weighted by molar-refractivity contribution is 5.87. The summed E-state index contributed by atoms with van der Waals surface area (Å²) < 4.78 is 10.4. The van der Waals surface area contributed by atoms with Crippen LogP contribution >= 0.6 is 0 Å². The third-order valence-electron chi connectivity index (χ3n) is 4.80. The van der Waals surface area contributed by atoms with Crippen LogP contribution in [0, 0.1) is 0 Å². The van der Waals surface area contributed by atoms with E-state index in [0.717, 1.165) is 25.2 Å². The number of hydrogen-bond donors (Lipinski definition) is 1. The summed E-state index contributed by atoms with van der Waals surface area (Å²) >= 11 is 0. The number of amides is 1. The van der Waals surface area contributed by atoms with Crippen LogP contribution in [0.3, 0.4) is 0 Å². The van der Waals surface area contributed by atoms with Gasteiger partial charge in [0.1, 0.15) is 11.5 Å². The Kier molecular flexibility index (Phi) is 5.15. The summed E-state index contributed by atoms with van der Waals surface area (Å²) in [5.74, 6) is 1.18. The van der Waals surface area contributed by atoms with Crippen molar-refractivity contribution in [3.63, 3.8) is 0 Å². The van der Waals surface area contributed by atoms with Gasteiger partial charge in [-0.15, -0.1) is 0 Å².